The SMILES string of the molecule is CCCC(C)CC(=O)C1CCCC1(C)C. The maximum Gasteiger partial charge on any atom is 0.136 e. The zero-order chi connectivity index (χ0) is 11.5. The summed E-state index contributed by atoms with van der Waals surface area (Å²) in [7, 11) is 0. The van der Waals surface area contributed by atoms with Crippen LogP contribution in [0.5, 0.6) is 0 Å². The van der Waals surface area contributed by atoms with E-state index in [-0.39, 0.29) is 5.41 Å². The minimum Gasteiger partial charge on any atom is -0.299 e. The highest BCUT2D eigenvalue weighted by Gasteiger charge is 2.38. The molecule has 2 atom stereocenters. The number of carbonyl (C=O) groups excluding carboxylic acids is 1. The third-order valence-electron chi connectivity index (χ3n) is 3.98. The lowest BCUT2D eigenvalue weighted by atomic mass is 9.77. The van der Waals surface area contributed by atoms with Crippen LogP contribution in [0.25, 0.3) is 0 Å². The number of Topliss-reactive ketones (excluding diaryl/α,β-unsaturated/α-hetero) is 1. The minimum absolute atomic E-state index is 0.267. The van der Waals surface area contributed by atoms with E-state index in [1.165, 1.54) is 25.7 Å². The second-order valence-corrected chi connectivity index (χ2v) is 6.00. The number of hydrogen-bond acceptors (Lipinski definition) is 1. The third-order valence-corrected chi connectivity index (χ3v) is 3.98. The molecule has 0 amide bonds. The Kier molecular flexibility index (Phi) is 4.36. The molecule has 1 saturated carbocycles. The average Bonchev–Trinajstić information content (AvgIpc) is 2.45. The first kappa shape index (κ1) is 12.7. The second-order valence-electron chi connectivity index (χ2n) is 6.00. The van der Waals surface area contributed by atoms with Gasteiger partial charge in [-0.05, 0) is 24.2 Å². The van der Waals surface area contributed by atoms with Gasteiger partial charge in [-0.2, -0.15) is 0 Å². The van der Waals surface area contributed by atoms with Crippen molar-refractivity contribution in [2.24, 2.45) is 17.3 Å². The van der Waals surface area contributed by atoms with Crippen LogP contribution in [0.15, 0.2) is 0 Å². The molecular formula is C14H26O. The Hall–Kier alpha value is -0.330. The smallest absolute Gasteiger partial charge is 0.136 e. The minimum atomic E-state index is 0.267. The highest BCUT2D eigenvalue weighted by Crippen LogP contribution is 2.43. The molecule has 0 aromatic carbocycles. The van der Waals surface area contributed by atoms with E-state index >= 15 is 0 Å². The Bertz CT molecular complexity index is 217. The van der Waals surface area contributed by atoms with Crippen molar-refractivity contribution in [1.29, 1.82) is 0 Å². The van der Waals surface area contributed by atoms with Gasteiger partial charge in [-0.15, -0.1) is 0 Å². The van der Waals surface area contributed by atoms with Crippen molar-refractivity contribution in [3.63, 3.8) is 0 Å². The maximum atomic E-state index is 12.1. The molecule has 0 N–H and O–H groups in total. The van der Waals surface area contributed by atoms with E-state index in [1.54, 1.807) is 0 Å². The van der Waals surface area contributed by atoms with Crippen LogP contribution < -0.4 is 0 Å². The summed E-state index contributed by atoms with van der Waals surface area (Å²) in [6, 6.07) is 0. The molecule has 2 unspecified atom stereocenters. The number of carbonyl (C=O) groups is 1. The molecule has 1 fully saturated rings. The molecule has 0 radical (unpaired) electrons. The lowest BCUT2D eigenvalue weighted by Crippen LogP contribution is -2.26. The van der Waals surface area contributed by atoms with E-state index in [0.717, 1.165) is 12.8 Å². The van der Waals surface area contributed by atoms with Gasteiger partial charge in [0.25, 0.3) is 0 Å². The van der Waals surface area contributed by atoms with Crippen LogP contribution in [0.4, 0.5) is 0 Å². The Morgan fingerprint density at radius 3 is 2.60 bits per heavy atom. The van der Waals surface area contributed by atoms with Gasteiger partial charge in [0.05, 0.1) is 0 Å². The van der Waals surface area contributed by atoms with Gasteiger partial charge in [0, 0.05) is 12.3 Å². The molecule has 1 heteroatoms. The van der Waals surface area contributed by atoms with E-state index in [4.69, 9.17) is 0 Å². The van der Waals surface area contributed by atoms with Crippen LogP contribution in [0.3, 0.4) is 0 Å². The van der Waals surface area contributed by atoms with Gasteiger partial charge in [0.1, 0.15) is 5.78 Å². The lowest BCUT2D eigenvalue weighted by molar-refractivity contribution is -0.126. The largest absolute Gasteiger partial charge is 0.299 e. The van der Waals surface area contributed by atoms with Gasteiger partial charge in [-0.3, -0.25) is 4.79 Å². The van der Waals surface area contributed by atoms with Crippen molar-refractivity contribution in [3.8, 4) is 0 Å². The van der Waals surface area contributed by atoms with E-state index in [0.29, 0.717) is 17.6 Å². The van der Waals surface area contributed by atoms with Gasteiger partial charge in [-0.25, -0.2) is 0 Å². The molecule has 1 aliphatic rings. The van der Waals surface area contributed by atoms with E-state index in [9.17, 15) is 4.79 Å². The molecule has 0 aliphatic heterocycles. The number of hydrogen-bond donors (Lipinski definition) is 0. The highest BCUT2D eigenvalue weighted by atomic mass is 16.1. The summed E-state index contributed by atoms with van der Waals surface area (Å²) in [6.45, 7) is 8.92. The van der Waals surface area contributed by atoms with E-state index in [2.05, 4.69) is 27.7 Å². The average molecular weight is 210 g/mol. The first-order valence-electron chi connectivity index (χ1n) is 6.50. The van der Waals surface area contributed by atoms with Crippen LogP contribution in [0.2, 0.25) is 0 Å². The molecule has 1 rings (SSSR count). The summed E-state index contributed by atoms with van der Waals surface area (Å²) in [5.41, 5.74) is 0.267. The van der Waals surface area contributed by atoms with Gasteiger partial charge < -0.3 is 0 Å². The van der Waals surface area contributed by atoms with Crippen molar-refractivity contribution in [1.82, 2.24) is 0 Å². The standard InChI is InChI=1S/C14H26O/c1-5-7-11(2)10-13(15)12-8-6-9-14(12,3)4/h11-12H,5-10H2,1-4H3. The lowest BCUT2D eigenvalue weighted by Gasteiger charge is -2.26. The molecule has 0 spiro atoms. The van der Waals surface area contributed by atoms with Crippen LogP contribution in [-0.2, 0) is 4.79 Å². The normalized spacial score (nSPS) is 26.5. The number of ketones is 1. The van der Waals surface area contributed by atoms with Crippen molar-refractivity contribution < 1.29 is 4.79 Å². The third kappa shape index (κ3) is 3.32. The molecule has 0 heterocycles. The predicted molar refractivity (Wildman–Crippen MR) is 64.8 cm³/mol. The molecule has 0 bridgehead atoms. The molecule has 0 aromatic rings. The summed E-state index contributed by atoms with van der Waals surface area (Å²) in [5.74, 6) is 1.45. The first-order chi connectivity index (χ1) is 6.97. The highest BCUT2D eigenvalue weighted by molar-refractivity contribution is 5.82. The first-order valence-corrected chi connectivity index (χ1v) is 6.50. The van der Waals surface area contributed by atoms with Crippen LogP contribution in [0.1, 0.15) is 66.2 Å². The molecule has 0 saturated heterocycles. The van der Waals surface area contributed by atoms with Crippen LogP contribution >= 0.6 is 0 Å². The maximum absolute atomic E-state index is 12.1. The number of rotatable bonds is 5. The Labute approximate surface area is 94.6 Å². The summed E-state index contributed by atoms with van der Waals surface area (Å²) in [6.07, 6.45) is 6.80. The summed E-state index contributed by atoms with van der Waals surface area (Å²) >= 11 is 0. The Morgan fingerprint density at radius 2 is 2.13 bits per heavy atom. The fourth-order valence-electron chi connectivity index (χ4n) is 3.00. The summed E-state index contributed by atoms with van der Waals surface area (Å²) < 4.78 is 0. The van der Waals surface area contributed by atoms with Crippen molar-refractivity contribution >= 4 is 5.78 Å². The molecule has 1 nitrogen and oxygen atoms in total. The zero-order valence-electron chi connectivity index (χ0n) is 10.8. The van der Waals surface area contributed by atoms with Gasteiger partial charge in [0.2, 0.25) is 0 Å². The summed E-state index contributed by atoms with van der Waals surface area (Å²) in [5, 5.41) is 0. The fraction of sp³-hybridized carbons (Fsp3) is 0.929. The van der Waals surface area contributed by atoms with Crippen molar-refractivity contribution in [2.45, 2.75) is 66.2 Å². The van der Waals surface area contributed by atoms with Crippen LogP contribution in [-0.4, -0.2) is 5.78 Å². The second kappa shape index (κ2) is 5.14. The van der Waals surface area contributed by atoms with E-state index in [1.807, 2.05) is 0 Å². The molecule has 15 heavy (non-hydrogen) atoms. The van der Waals surface area contributed by atoms with E-state index < -0.39 is 0 Å². The molecule has 1 aliphatic carbocycles. The van der Waals surface area contributed by atoms with Crippen LogP contribution in [0, 0.1) is 17.3 Å². The van der Waals surface area contributed by atoms with Crippen molar-refractivity contribution in [2.75, 3.05) is 0 Å². The molecule has 88 valence electrons. The van der Waals surface area contributed by atoms with Gasteiger partial charge in [0.15, 0.2) is 0 Å². The Balaban J connectivity index is 2.46. The Morgan fingerprint density at radius 1 is 1.47 bits per heavy atom. The monoisotopic (exact) mass is 210 g/mol. The molecular weight excluding hydrogens is 184 g/mol. The fourth-order valence-corrected chi connectivity index (χ4v) is 3.00. The summed E-state index contributed by atoms with van der Waals surface area (Å²) in [4.78, 5) is 12.1. The topological polar surface area (TPSA) is 17.1 Å². The molecule has 0 aromatic heterocycles. The zero-order valence-corrected chi connectivity index (χ0v) is 10.8. The quantitative estimate of drug-likeness (QED) is 0.664. The van der Waals surface area contributed by atoms with Gasteiger partial charge in [-0.1, -0.05) is 47.0 Å². The van der Waals surface area contributed by atoms with Gasteiger partial charge >= 0.3 is 0 Å². The van der Waals surface area contributed by atoms with Crippen molar-refractivity contribution in [3.05, 3.63) is 0 Å². The predicted octanol–water partition coefficient (Wildman–Crippen LogP) is 4.21.